The average molecular weight is 404 g/mol. The molecule has 2 N–H and O–H groups in total. The topological polar surface area (TPSA) is 93.5 Å². The molecule has 4 unspecified atom stereocenters. The molecular weight excluding hydrogens is 370 g/mol. The Hall–Kier alpha value is -2.31. The second-order valence-electron chi connectivity index (χ2n) is 9.00. The second-order valence-corrected chi connectivity index (χ2v) is 9.00. The highest BCUT2D eigenvalue weighted by molar-refractivity contribution is 5.96. The predicted molar refractivity (Wildman–Crippen MR) is 110 cm³/mol. The molecule has 160 valence electrons. The van der Waals surface area contributed by atoms with E-state index in [1.54, 1.807) is 0 Å². The van der Waals surface area contributed by atoms with Crippen LogP contribution in [-0.4, -0.2) is 39.4 Å². The van der Waals surface area contributed by atoms with Crippen molar-refractivity contribution in [3.63, 3.8) is 0 Å². The van der Waals surface area contributed by atoms with Crippen molar-refractivity contribution in [2.45, 2.75) is 65.5 Å². The number of nitrogens with one attached hydrogen (secondary N) is 1. The Kier molecular flexibility index (Phi) is 6.98. The van der Waals surface area contributed by atoms with Gasteiger partial charge in [0.15, 0.2) is 0 Å². The molecule has 2 aliphatic carbocycles. The molecular formula is C22H33N3O4. The summed E-state index contributed by atoms with van der Waals surface area (Å²) in [6.07, 6.45) is 10.2. The lowest BCUT2D eigenvalue weighted by molar-refractivity contribution is -0.131. The minimum absolute atomic E-state index is 0.155. The Morgan fingerprint density at radius 3 is 2.90 bits per heavy atom. The zero-order valence-electron chi connectivity index (χ0n) is 17.6. The van der Waals surface area contributed by atoms with Crippen LogP contribution >= 0.6 is 0 Å². The number of rotatable bonds is 8. The van der Waals surface area contributed by atoms with Crippen LogP contribution in [0.15, 0.2) is 18.3 Å². The van der Waals surface area contributed by atoms with Crippen LogP contribution in [0.3, 0.4) is 0 Å². The normalized spacial score (nSPS) is 26.6. The first-order valence-corrected chi connectivity index (χ1v) is 10.7. The van der Waals surface area contributed by atoms with E-state index in [4.69, 9.17) is 9.84 Å². The van der Waals surface area contributed by atoms with Gasteiger partial charge in [-0.05, 0) is 42.9 Å². The summed E-state index contributed by atoms with van der Waals surface area (Å²) < 4.78 is 7.44. The fourth-order valence-corrected chi connectivity index (χ4v) is 4.81. The smallest absolute Gasteiger partial charge is 0.328 e. The van der Waals surface area contributed by atoms with Gasteiger partial charge in [-0.2, -0.15) is 5.10 Å². The number of carboxylic acid groups (broad SMARTS) is 1. The van der Waals surface area contributed by atoms with Crippen molar-refractivity contribution in [3.05, 3.63) is 23.9 Å². The highest BCUT2D eigenvalue weighted by atomic mass is 16.5. The molecule has 1 aromatic heterocycles. The van der Waals surface area contributed by atoms with Gasteiger partial charge >= 0.3 is 5.97 Å². The summed E-state index contributed by atoms with van der Waals surface area (Å²) in [6.45, 7) is 7.00. The molecule has 1 amide bonds. The molecule has 0 radical (unpaired) electrons. The molecule has 3 rings (SSSR count). The monoisotopic (exact) mass is 403 g/mol. The van der Waals surface area contributed by atoms with Gasteiger partial charge < -0.3 is 15.2 Å². The molecule has 0 aliphatic heterocycles. The van der Waals surface area contributed by atoms with Crippen LogP contribution in [0.25, 0.3) is 0 Å². The summed E-state index contributed by atoms with van der Waals surface area (Å²) in [4.78, 5) is 23.9. The van der Waals surface area contributed by atoms with Gasteiger partial charge in [0.25, 0.3) is 5.91 Å². The van der Waals surface area contributed by atoms with Crippen LogP contribution in [-0.2, 0) is 11.3 Å². The van der Waals surface area contributed by atoms with Crippen molar-refractivity contribution >= 4 is 11.9 Å². The van der Waals surface area contributed by atoms with Gasteiger partial charge in [-0.1, -0.05) is 39.7 Å². The fraction of sp³-hybridized carbons (Fsp3) is 0.682. The molecule has 2 bridgehead atoms. The number of hydrogen-bond donors (Lipinski definition) is 2. The number of allylic oxidation sites excluding steroid dienone is 1. The summed E-state index contributed by atoms with van der Waals surface area (Å²) in [6, 6.07) is 0.187. The van der Waals surface area contributed by atoms with E-state index in [2.05, 4.69) is 17.3 Å². The van der Waals surface area contributed by atoms with E-state index in [0.29, 0.717) is 35.8 Å². The molecule has 0 saturated heterocycles. The van der Waals surface area contributed by atoms with E-state index in [1.165, 1.54) is 49.1 Å². The summed E-state index contributed by atoms with van der Waals surface area (Å²) >= 11 is 0. The third-order valence-electron chi connectivity index (χ3n) is 6.08. The summed E-state index contributed by atoms with van der Waals surface area (Å²) in [5.74, 6) is 1.35. The van der Waals surface area contributed by atoms with Crippen LogP contribution in [0.1, 0.15) is 63.2 Å². The van der Waals surface area contributed by atoms with Crippen LogP contribution in [0.5, 0.6) is 5.88 Å². The summed E-state index contributed by atoms with van der Waals surface area (Å²) in [5.41, 5.74) is 0.416. The molecule has 1 aromatic rings. The van der Waals surface area contributed by atoms with E-state index in [0.717, 1.165) is 12.0 Å². The SMILES string of the molecule is CC(C)COc1c(C(=O)NC2C(C)CC3CCCC2C3)cnn1C/C=C/C(=O)O. The molecule has 2 aliphatic rings. The van der Waals surface area contributed by atoms with Crippen LogP contribution in [0.2, 0.25) is 0 Å². The molecule has 0 spiro atoms. The van der Waals surface area contributed by atoms with Crippen molar-refractivity contribution in [1.29, 1.82) is 0 Å². The number of carbonyl (C=O) groups excluding carboxylic acids is 1. The van der Waals surface area contributed by atoms with Crippen LogP contribution < -0.4 is 10.1 Å². The number of carbonyl (C=O) groups is 2. The second kappa shape index (κ2) is 9.46. The van der Waals surface area contributed by atoms with E-state index < -0.39 is 5.97 Å². The van der Waals surface area contributed by atoms with E-state index >= 15 is 0 Å². The molecule has 2 fully saturated rings. The van der Waals surface area contributed by atoms with Gasteiger partial charge in [0.05, 0.1) is 19.3 Å². The summed E-state index contributed by atoms with van der Waals surface area (Å²) in [7, 11) is 0. The standard InChI is InChI=1S/C22H33N3O4/c1-14(2)13-29-22-18(12-23-25(22)9-5-8-19(26)27)21(28)24-20-15(3)10-16-6-4-7-17(20)11-16/h5,8,12,14-17,20H,4,6-7,9-11,13H2,1-3H3,(H,24,28)(H,26,27)/b8-5+. The molecule has 2 saturated carbocycles. The first kappa shape index (κ1) is 21.4. The largest absolute Gasteiger partial charge is 0.478 e. The highest BCUT2D eigenvalue weighted by Gasteiger charge is 2.39. The Morgan fingerprint density at radius 1 is 1.38 bits per heavy atom. The van der Waals surface area contributed by atoms with Crippen molar-refractivity contribution in [1.82, 2.24) is 15.1 Å². The third kappa shape index (κ3) is 5.40. The van der Waals surface area contributed by atoms with E-state index in [1.807, 2.05) is 13.8 Å². The van der Waals surface area contributed by atoms with Crippen LogP contribution in [0, 0.1) is 23.7 Å². The molecule has 1 heterocycles. The number of hydrogen-bond acceptors (Lipinski definition) is 4. The number of amides is 1. The fourth-order valence-electron chi connectivity index (χ4n) is 4.81. The van der Waals surface area contributed by atoms with Gasteiger partial charge in [0.1, 0.15) is 5.56 Å². The van der Waals surface area contributed by atoms with E-state index in [9.17, 15) is 9.59 Å². The number of nitrogens with zero attached hydrogens (tertiary/aromatic N) is 2. The van der Waals surface area contributed by atoms with Gasteiger partial charge in [-0.3, -0.25) is 4.79 Å². The molecule has 7 heteroatoms. The third-order valence-corrected chi connectivity index (χ3v) is 6.08. The minimum Gasteiger partial charge on any atom is -0.478 e. The Bertz CT molecular complexity index is 753. The predicted octanol–water partition coefficient (Wildman–Crippen LogP) is 3.50. The van der Waals surface area contributed by atoms with Crippen LogP contribution in [0.4, 0.5) is 0 Å². The number of fused-ring (bicyclic) bond motifs is 2. The number of aliphatic carboxylic acids is 1. The zero-order valence-corrected chi connectivity index (χ0v) is 17.6. The lowest BCUT2D eigenvalue weighted by Gasteiger charge is -2.44. The molecule has 29 heavy (non-hydrogen) atoms. The first-order valence-electron chi connectivity index (χ1n) is 10.7. The Labute approximate surface area is 172 Å². The number of carboxylic acids is 1. The maximum absolute atomic E-state index is 13.1. The Balaban J connectivity index is 1.75. The van der Waals surface area contributed by atoms with Gasteiger partial charge in [-0.15, -0.1) is 0 Å². The van der Waals surface area contributed by atoms with Crippen molar-refractivity contribution < 1.29 is 19.4 Å². The maximum Gasteiger partial charge on any atom is 0.328 e. The zero-order chi connectivity index (χ0) is 21.0. The van der Waals surface area contributed by atoms with Crippen molar-refractivity contribution in [2.75, 3.05) is 6.61 Å². The lowest BCUT2D eigenvalue weighted by Crippen LogP contribution is -2.49. The van der Waals surface area contributed by atoms with Crippen molar-refractivity contribution in [2.24, 2.45) is 23.7 Å². The molecule has 0 aromatic carbocycles. The van der Waals surface area contributed by atoms with Gasteiger partial charge in [-0.25, -0.2) is 9.48 Å². The maximum atomic E-state index is 13.1. The summed E-state index contributed by atoms with van der Waals surface area (Å²) in [5, 5.41) is 16.3. The molecule has 7 nitrogen and oxygen atoms in total. The van der Waals surface area contributed by atoms with Gasteiger partial charge in [0, 0.05) is 12.1 Å². The minimum atomic E-state index is -1.02. The first-order chi connectivity index (χ1) is 13.8. The lowest BCUT2D eigenvalue weighted by atomic mass is 9.65. The van der Waals surface area contributed by atoms with E-state index in [-0.39, 0.29) is 18.5 Å². The quantitative estimate of drug-likeness (QED) is 0.648. The van der Waals surface area contributed by atoms with Crippen molar-refractivity contribution in [3.8, 4) is 5.88 Å². The van der Waals surface area contributed by atoms with Gasteiger partial charge in [0.2, 0.25) is 5.88 Å². The number of aromatic nitrogens is 2. The molecule has 4 atom stereocenters. The number of ether oxygens (including phenoxy) is 1. The Morgan fingerprint density at radius 2 is 2.17 bits per heavy atom. The highest BCUT2D eigenvalue weighted by Crippen LogP contribution is 2.42. The average Bonchev–Trinajstić information content (AvgIpc) is 3.06.